The number of amides is 2. The first-order valence-corrected chi connectivity index (χ1v) is 11.2. The first kappa shape index (κ1) is 24.1. The molecule has 0 spiro atoms. The minimum absolute atomic E-state index is 0.0901. The lowest BCUT2D eigenvalue weighted by molar-refractivity contribution is 0.114. The molecule has 0 saturated heterocycles. The third kappa shape index (κ3) is 4.91. The summed E-state index contributed by atoms with van der Waals surface area (Å²) in [5, 5.41) is 10.9. The molecular weight excluding hydrogens is 474 g/mol. The fourth-order valence-corrected chi connectivity index (χ4v) is 4.74. The number of methoxy groups -OCH3 is 1. The van der Waals surface area contributed by atoms with Crippen LogP contribution in [0.5, 0.6) is 5.88 Å². The zero-order valence-electron chi connectivity index (χ0n) is 19.4. The molecule has 0 unspecified atom stereocenters. The van der Waals surface area contributed by atoms with Crippen molar-refractivity contribution < 1.29 is 14.4 Å². The number of hydrogen-bond acceptors (Lipinski definition) is 9. The van der Waals surface area contributed by atoms with E-state index in [1.807, 2.05) is 31.1 Å². The Morgan fingerprint density at radius 3 is 2.46 bits per heavy atom. The van der Waals surface area contributed by atoms with Crippen LogP contribution in [0.25, 0.3) is 26.5 Å². The maximum atomic E-state index is 13.6. The van der Waals surface area contributed by atoms with E-state index in [4.69, 9.17) is 4.74 Å². The van der Waals surface area contributed by atoms with Crippen LogP contribution < -0.4 is 26.8 Å². The van der Waals surface area contributed by atoms with Gasteiger partial charge < -0.3 is 15.0 Å². The summed E-state index contributed by atoms with van der Waals surface area (Å²) in [5.74, 6) is 0.357. The van der Waals surface area contributed by atoms with Crippen LogP contribution in [0.15, 0.2) is 46.0 Å². The summed E-state index contributed by atoms with van der Waals surface area (Å²) in [5.41, 5.74) is 3.24. The highest BCUT2D eigenvalue weighted by atomic mass is 32.1. The summed E-state index contributed by atoms with van der Waals surface area (Å²) in [6.07, 6.45) is 0. The molecule has 0 radical (unpaired) electrons. The largest absolute Gasteiger partial charge is 0.480 e. The van der Waals surface area contributed by atoms with E-state index in [1.165, 1.54) is 37.7 Å². The van der Waals surface area contributed by atoms with Crippen LogP contribution in [0, 0.1) is 0 Å². The fourth-order valence-electron chi connectivity index (χ4n) is 3.54. The number of aromatic amines is 1. The van der Waals surface area contributed by atoms with Gasteiger partial charge >= 0.3 is 11.7 Å². The van der Waals surface area contributed by atoms with Crippen molar-refractivity contribution in [2.75, 3.05) is 33.6 Å². The molecule has 0 bridgehead atoms. The number of rotatable bonds is 7. The highest BCUT2D eigenvalue weighted by molar-refractivity contribution is 7.22. The second kappa shape index (κ2) is 10.0. The number of hydrogen-bond donors (Lipinski definition) is 3. The Labute approximate surface area is 203 Å². The number of H-pyrrole nitrogens is 1. The monoisotopic (exact) mass is 497 g/mol. The summed E-state index contributed by atoms with van der Waals surface area (Å²) >= 11 is 1.31. The molecule has 4 aromatic rings. The highest BCUT2D eigenvalue weighted by Crippen LogP contribution is 2.37. The molecule has 35 heavy (non-hydrogen) atoms. The van der Waals surface area contributed by atoms with E-state index in [0.29, 0.717) is 22.4 Å². The molecule has 12 nitrogen and oxygen atoms in total. The van der Waals surface area contributed by atoms with E-state index in [-0.39, 0.29) is 11.7 Å². The average molecular weight is 498 g/mol. The van der Waals surface area contributed by atoms with Gasteiger partial charge in [-0.05, 0) is 43.4 Å². The molecule has 3 N–H and O–H groups in total. The lowest BCUT2D eigenvalue weighted by Crippen LogP contribution is -2.34. The number of carbonyl (C=O) groups excluding carboxylic acids is 1. The number of nitrogens with zero attached hydrogens (tertiary/aromatic N) is 4. The summed E-state index contributed by atoms with van der Waals surface area (Å²) in [4.78, 5) is 48.7. The van der Waals surface area contributed by atoms with Gasteiger partial charge in [-0.3, -0.25) is 14.6 Å². The Hall–Kier alpha value is -4.07. The molecule has 182 valence electrons. The van der Waals surface area contributed by atoms with Gasteiger partial charge in [-0.2, -0.15) is 0 Å². The van der Waals surface area contributed by atoms with Crippen LogP contribution in [0.3, 0.4) is 0 Å². The molecule has 3 heterocycles. The van der Waals surface area contributed by atoms with Crippen molar-refractivity contribution in [2.45, 2.75) is 6.54 Å². The number of urea groups is 1. The van der Waals surface area contributed by atoms with Crippen molar-refractivity contribution in [3.63, 3.8) is 0 Å². The molecule has 0 aliphatic heterocycles. The van der Waals surface area contributed by atoms with Gasteiger partial charge in [0.05, 0.1) is 19.6 Å². The van der Waals surface area contributed by atoms with E-state index in [2.05, 4.69) is 30.8 Å². The average Bonchev–Trinajstić information content (AvgIpc) is 3.17. The van der Waals surface area contributed by atoms with Gasteiger partial charge in [0.15, 0.2) is 5.82 Å². The molecule has 3 aromatic heterocycles. The minimum Gasteiger partial charge on any atom is -0.480 e. The zero-order chi connectivity index (χ0) is 25.1. The Balaban J connectivity index is 1.84. The normalized spacial score (nSPS) is 11.1. The third-order valence-corrected chi connectivity index (χ3v) is 6.18. The van der Waals surface area contributed by atoms with E-state index in [0.717, 1.165) is 20.6 Å². The van der Waals surface area contributed by atoms with Crippen LogP contribution in [0.4, 0.5) is 10.5 Å². The maximum Gasteiger partial charge on any atom is 0.343 e. The van der Waals surface area contributed by atoms with Crippen molar-refractivity contribution in [3.05, 3.63) is 62.8 Å². The first-order valence-electron chi connectivity index (χ1n) is 10.4. The summed E-state index contributed by atoms with van der Waals surface area (Å²) in [6, 6.07) is 9.66. The topological polar surface area (TPSA) is 143 Å². The predicted octanol–water partition coefficient (Wildman–Crippen LogP) is 1.95. The molecule has 4 rings (SSSR count). The fraction of sp³-hybridized carbons (Fsp3) is 0.227. The van der Waals surface area contributed by atoms with Gasteiger partial charge in [-0.15, -0.1) is 21.5 Å². The third-order valence-electron chi connectivity index (χ3n) is 4.99. The van der Waals surface area contributed by atoms with Crippen molar-refractivity contribution in [1.29, 1.82) is 0 Å². The van der Waals surface area contributed by atoms with Crippen LogP contribution in [-0.4, -0.2) is 59.0 Å². The number of nitrogens with one attached hydrogen (secondary N) is 3. The van der Waals surface area contributed by atoms with Crippen molar-refractivity contribution >= 4 is 33.3 Å². The number of carbonyl (C=O) groups is 1. The van der Waals surface area contributed by atoms with E-state index < -0.39 is 17.3 Å². The van der Waals surface area contributed by atoms with Gasteiger partial charge in [0.2, 0.25) is 5.88 Å². The second-order valence-corrected chi connectivity index (χ2v) is 8.71. The lowest BCUT2D eigenvalue weighted by atomic mass is 10.1. The molecule has 0 fully saturated rings. The number of aromatic nitrogens is 4. The molecular formula is C22H23N7O5S. The van der Waals surface area contributed by atoms with Crippen molar-refractivity contribution in [3.8, 4) is 22.1 Å². The summed E-state index contributed by atoms with van der Waals surface area (Å²) in [7, 11) is 6.59. The molecule has 0 aliphatic rings. The highest BCUT2D eigenvalue weighted by Gasteiger charge is 2.21. The van der Waals surface area contributed by atoms with Crippen LogP contribution in [-0.2, 0) is 11.4 Å². The second-order valence-electron chi connectivity index (χ2n) is 7.69. The van der Waals surface area contributed by atoms with Gasteiger partial charge in [0.1, 0.15) is 4.83 Å². The SMILES string of the molecule is CONC(=O)Nc1ccc(-c2sc3[nH]c(=O)n(-c4ccc(OC)nn4)c(=O)c3c2CN(C)C)cc1. The van der Waals surface area contributed by atoms with Crippen LogP contribution >= 0.6 is 11.3 Å². The molecule has 13 heteroatoms. The number of thiophene rings is 1. The summed E-state index contributed by atoms with van der Waals surface area (Å²) < 4.78 is 5.97. The van der Waals surface area contributed by atoms with E-state index in [1.54, 1.807) is 12.1 Å². The predicted molar refractivity (Wildman–Crippen MR) is 132 cm³/mol. The Bertz CT molecular complexity index is 1470. The lowest BCUT2D eigenvalue weighted by Gasteiger charge is -2.12. The zero-order valence-corrected chi connectivity index (χ0v) is 20.2. The standard InChI is InChI=1S/C22H23N7O5S/c1-28(2)11-14-17-19(24-22(32)29(20(17)30)15-9-10-16(33-3)26-25-15)35-18(14)12-5-7-13(8-6-12)23-21(31)27-34-4/h5-10H,11H2,1-4H3,(H,24,32)(H2,23,27,31). The molecule has 0 aliphatic carbocycles. The maximum absolute atomic E-state index is 13.6. The molecule has 0 atom stereocenters. The first-order chi connectivity index (χ1) is 16.8. The van der Waals surface area contributed by atoms with Crippen LogP contribution in [0.1, 0.15) is 5.56 Å². The van der Waals surface area contributed by atoms with Gasteiger partial charge in [-0.25, -0.2) is 19.6 Å². The number of fused-ring (bicyclic) bond motifs is 1. The van der Waals surface area contributed by atoms with E-state index in [9.17, 15) is 14.4 Å². The van der Waals surface area contributed by atoms with Crippen molar-refractivity contribution in [1.82, 2.24) is 30.1 Å². The van der Waals surface area contributed by atoms with E-state index >= 15 is 0 Å². The van der Waals surface area contributed by atoms with Gasteiger partial charge in [0, 0.05) is 23.2 Å². The minimum atomic E-state index is -0.616. The van der Waals surface area contributed by atoms with Crippen LogP contribution in [0.2, 0.25) is 0 Å². The Kier molecular flexibility index (Phi) is 6.91. The number of anilines is 1. The van der Waals surface area contributed by atoms with Gasteiger partial charge in [-0.1, -0.05) is 12.1 Å². The smallest absolute Gasteiger partial charge is 0.343 e. The molecule has 2 amide bonds. The Morgan fingerprint density at radius 2 is 1.86 bits per heavy atom. The quantitative estimate of drug-likeness (QED) is 0.329. The number of hydroxylamine groups is 1. The van der Waals surface area contributed by atoms with Crippen molar-refractivity contribution in [2.24, 2.45) is 0 Å². The molecule has 0 saturated carbocycles. The Morgan fingerprint density at radius 1 is 1.11 bits per heavy atom. The number of benzene rings is 1. The number of ether oxygens (including phenoxy) is 1. The summed E-state index contributed by atoms with van der Waals surface area (Å²) in [6.45, 7) is 0.459. The van der Waals surface area contributed by atoms with Gasteiger partial charge in [0.25, 0.3) is 5.56 Å². The molecule has 1 aromatic carbocycles.